The van der Waals surface area contributed by atoms with Gasteiger partial charge in [-0.3, -0.25) is 14.5 Å². The quantitative estimate of drug-likeness (QED) is 0.825. The summed E-state index contributed by atoms with van der Waals surface area (Å²) in [5, 5.41) is 6.28. The van der Waals surface area contributed by atoms with Crippen LogP contribution in [0.25, 0.3) is 0 Å². The molecule has 0 bridgehead atoms. The highest BCUT2D eigenvalue weighted by atomic mass is 35.5. The monoisotopic (exact) mass is 352 g/mol. The molecule has 3 rings (SSSR count). The highest BCUT2D eigenvalue weighted by Gasteiger charge is 2.21. The van der Waals surface area contributed by atoms with Crippen LogP contribution in [0.5, 0.6) is 0 Å². The summed E-state index contributed by atoms with van der Waals surface area (Å²) >= 11 is 0. The van der Waals surface area contributed by atoms with Crippen molar-refractivity contribution in [1.29, 1.82) is 0 Å². The van der Waals surface area contributed by atoms with E-state index in [4.69, 9.17) is 0 Å². The summed E-state index contributed by atoms with van der Waals surface area (Å²) in [4.78, 5) is 28.0. The first-order chi connectivity index (χ1) is 11.2. The van der Waals surface area contributed by atoms with Gasteiger partial charge in [-0.15, -0.1) is 12.4 Å². The van der Waals surface area contributed by atoms with Crippen molar-refractivity contribution in [2.75, 3.05) is 50.7 Å². The molecule has 2 heterocycles. The number of nitrogens with one attached hydrogen (secondary N) is 2. The molecular formula is C17H25ClN4O2. The normalized spacial score (nSPS) is 18.3. The molecule has 0 radical (unpaired) electrons. The number of piperazine rings is 1. The Balaban J connectivity index is 0.00000208. The lowest BCUT2D eigenvalue weighted by Crippen LogP contribution is -2.46. The summed E-state index contributed by atoms with van der Waals surface area (Å²) in [6.07, 6.45) is 1.53. The van der Waals surface area contributed by atoms with E-state index < -0.39 is 0 Å². The number of anilines is 1. The fourth-order valence-electron chi connectivity index (χ4n) is 3.08. The molecule has 24 heavy (non-hydrogen) atoms. The van der Waals surface area contributed by atoms with Crippen LogP contribution >= 0.6 is 12.4 Å². The van der Waals surface area contributed by atoms with Crippen LogP contribution in [-0.2, 0) is 4.79 Å². The third kappa shape index (κ3) is 4.69. The summed E-state index contributed by atoms with van der Waals surface area (Å²) in [5.41, 5.74) is 1.52. The van der Waals surface area contributed by atoms with Gasteiger partial charge in [-0.05, 0) is 30.7 Å². The molecule has 7 heteroatoms. The lowest BCUT2D eigenvalue weighted by Gasteiger charge is -2.27. The van der Waals surface area contributed by atoms with Crippen LogP contribution in [0.15, 0.2) is 24.3 Å². The minimum atomic E-state index is -0.0561. The summed E-state index contributed by atoms with van der Waals surface area (Å²) in [5.74, 6) is 0.109. The van der Waals surface area contributed by atoms with Crippen LogP contribution in [0.1, 0.15) is 23.2 Å². The highest BCUT2D eigenvalue weighted by molar-refractivity contribution is 5.97. The van der Waals surface area contributed by atoms with E-state index in [1.807, 2.05) is 12.1 Å². The molecule has 2 aliphatic heterocycles. The van der Waals surface area contributed by atoms with Crippen LogP contribution in [0.3, 0.4) is 0 Å². The topological polar surface area (TPSA) is 64.7 Å². The molecule has 0 spiro atoms. The molecule has 6 nitrogen and oxygen atoms in total. The highest BCUT2D eigenvalue weighted by Crippen LogP contribution is 2.21. The second-order valence-corrected chi connectivity index (χ2v) is 6.04. The van der Waals surface area contributed by atoms with Crippen molar-refractivity contribution < 1.29 is 9.59 Å². The van der Waals surface area contributed by atoms with Crippen molar-refractivity contribution in [3.8, 4) is 0 Å². The predicted octanol–water partition coefficient (Wildman–Crippen LogP) is 0.870. The smallest absolute Gasteiger partial charge is 0.251 e. The zero-order valence-corrected chi connectivity index (χ0v) is 14.6. The van der Waals surface area contributed by atoms with E-state index in [9.17, 15) is 9.59 Å². The summed E-state index contributed by atoms with van der Waals surface area (Å²) < 4.78 is 0. The number of hydrogen-bond acceptors (Lipinski definition) is 4. The summed E-state index contributed by atoms with van der Waals surface area (Å²) in [6.45, 7) is 6.42. The van der Waals surface area contributed by atoms with E-state index in [0.717, 1.165) is 51.4 Å². The lowest BCUT2D eigenvalue weighted by atomic mass is 10.2. The molecule has 0 aliphatic carbocycles. The second kappa shape index (κ2) is 9.01. The largest absolute Gasteiger partial charge is 0.351 e. The van der Waals surface area contributed by atoms with Gasteiger partial charge < -0.3 is 15.5 Å². The van der Waals surface area contributed by atoms with Gasteiger partial charge in [0.25, 0.3) is 5.91 Å². The molecule has 2 fully saturated rings. The average Bonchev–Trinajstić information content (AvgIpc) is 3.02. The maximum Gasteiger partial charge on any atom is 0.251 e. The van der Waals surface area contributed by atoms with Crippen molar-refractivity contribution in [1.82, 2.24) is 15.5 Å². The third-order valence-electron chi connectivity index (χ3n) is 4.44. The molecule has 0 unspecified atom stereocenters. The van der Waals surface area contributed by atoms with Gasteiger partial charge >= 0.3 is 0 Å². The van der Waals surface area contributed by atoms with Crippen molar-refractivity contribution in [2.45, 2.75) is 12.8 Å². The summed E-state index contributed by atoms with van der Waals surface area (Å²) in [6, 6.07) is 7.30. The first-order valence-corrected chi connectivity index (χ1v) is 8.36. The minimum Gasteiger partial charge on any atom is -0.351 e. The van der Waals surface area contributed by atoms with Gasteiger partial charge in [0.2, 0.25) is 5.91 Å². The number of amides is 2. The molecule has 0 atom stereocenters. The van der Waals surface area contributed by atoms with Crippen molar-refractivity contribution >= 4 is 29.9 Å². The SMILES string of the molecule is Cl.O=C(NCCN1CCNCC1)c1ccc(N2CCCC2=O)cc1. The van der Waals surface area contributed by atoms with Gasteiger partial charge in [0.05, 0.1) is 0 Å². The Kier molecular flexibility index (Phi) is 7.02. The van der Waals surface area contributed by atoms with E-state index in [-0.39, 0.29) is 24.2 Å². The molecular weight excluding hydrogens is 328 g/mol. The van der Waals surface area contributed by atoms with Gasteiger partial charge in [0.15, 0.2) is 0 Å². The zero-order valence-electron chi connectivity index (χ0n) is 13.8. The Bertz CT molecular complexity index is 558. The van der Waals surface area contributed by atoms with Gasteiger partial charge in [0, 0.05) is 63.5 Å². The molecule has 2 N–H and O–H groups in total. The molecule has 1 aromatic rings. The first kappa shape index (κ1) is 18.7. The number of hydrogen-bond donors (Lipinski definition) is 2. The van der Waals surface area contributed by atoms with E-state index in [2.05, 4.69) is 15.5 Å². The van der Waals surface area contributed by atoms with Crippen molar-refractivity contribution in [2.24, 2.45) is 0 Å². The van der Waals surface area contributed by atoms with Gasteiger partial charge in [-0.25, -0.2) is 0 Å². The predicted molar refractivity (Wildman–Crippen MR) is 96.9 cm³/mol. The minimum absolute atomic E-state index is 0. The fraction of sp³-hybridized carbons (Fsp3) is 0.529. The number of benzene rings is 1. The second-order valence-electron chi connectivity index (χ2n) is 6.04. The number of rotatable bonds is 5. The maximum absolute atomic E-state index is 12.2. The Morgan fingerprint density at radius 3 is 2.46 bits per heavy atom. The van der Waals surface area contributed by atoms with E-state index in [1.54, 1.807) is 17.0 Å². The molecule has 0 aromatic heterocycles. The van der Waals surface area contributed by atoms with Crippen LogP contribution in [0.2, 0.25) is 0 Å². The molecule has 132 valence electrons. The molecule has 2 aliphatic rings. The van der Waals surface area contributed by atoms with Gasteiger partial charge in [-0.1, -0.05) is 0 Å². The number of carbonyl (C=O) groups excluding carboxylic acids is 2. The van der Waals surface area contributed by atoms with Crippen LogP contribution in [0, 0.1) is 0 Å². The standard InChI is InChI=1S/C17H24N4O2.ClH/c22-16-2-1-10-21(16)15-5-3-14(4-6-15)17(23)19-9-13-20-11-7-18-8-12-20;/h3-6,18H,1-2,7-13H2,(H,19,23);1H. The molecule has 0 saturated carbocycles. The number of carbonyl (C=O) groups is 2. The van der Waals surface area contributed by atoms with Crippen LogP contribution < -0.4 is 15.5 Å². The van der Waals surface area contributed by atoms with Crippen molar-refractivity contribution in [3.63, 3.8) is 0 Å². The Labute approximate surface area is 149 Å². The Morgan fingerprint density at radius 1 is 1.12 bits per heavy atom. The molecule has 1 aromatic carbocycles. The summed E-state index contributed by atoms with van der Waals surface area (Å²) in [7, 11) is 0. The van der Waals surface area contributed by atoms with Crippen LogP contribution in [-0.4, -0.2) is 62.5 Å². The average molecular weight is 353 g/mol. The molecule has 2 amide bonds. The first-order valence-electron chi connectivity index (χ1n) is 8.36. The fourth-order valence-corrected chi connectivity index (χ4v) is 3.08. The van der Waals surface area contributed by atoms with E-state index in [0.29, 0.717) is 18.5 Å². The number of nitrogens with zero attached hydrogens (tertiary/aromatic N) is 2. The van der Waals surface area contributed by atoms with E-state index >= 15 is 0 Å². The van der Waals surface area contributed by atoms with Gasteiger partial charge in [0.1, 0.15) is 0 Å². The van der Waals surface area contributed by atoms with E-state index in [1.165, 1.54) is 0 Å². The van der Waals surface area contributed by atoms with Gasteiger partial charge in [-0.2, -0.15) is 0 Å². The van der Waals surface area contributed by atoms with Crippen molar-refractivity contribution in [3.05, 3.63) is 29.8 Å². The zero-order chi connectivity index (χ0) is 16.1. The third-order valence-corrected chi connectivity index (χ3v) is 4.44. The Morgan fingerprint density at radius 2 is 1.83 bits per heavy atom. The Hall–Kier alpha value is -1.63. The van der Waals surface area contributed by atoms with Crippen LogP contribution in [0.4, 0.5) is 5.69 Å². The molecule has 2 saturated heterocycles. The maximum atomic E-state index is 12.2. The lowest BCUT2D eigenvalue weighted by molar-refractivity contribution is -0.117. The number of halogens is 1.